The van der Waals surface area contributed by atoms with Gasteiger partial charge in [-0.2, -0.15) is 0 Å². The van der Waals surface area contributed by atoms with Gasteiger partial charge in [0.2, 0.25) is 10.0 Å². The van der Waals surface area contributed by atoms with Crippen LogP contribution in [0.5, 0.6) is 0 Å². The van der Waals surface area contributed by atoms with E-state index in [0.717, 1.165) is 0 Å². The maximum absolute atomic E-state index is 11.3. The highest BCUT2D eigenvalue weighted by Crippen LogP contribution is 2.15. The molecule has 0 atom stereocenters. The van der Waals surface area contributed by atoms with Gasteiger partial charge in [0.05, 0.1) is 5.75 Å². The first-order valence-electron chi connectivity index (χ1n) is 4.02. The van der Waals surface area contributed by atoms with Crippen LogP contribution in [0.4, 0.5) is 5.82 Å². The van der Waals surface area contributed by atoms with Gasteiger partial charge in [-0.05, 0) is 6.42 Å². The predicted octanol–water partition coefficient (Wildman–Crippen LogP) is 1.28. The third-order valence-electron chi connectivity index (χ3n) is 1.38. The zero-order valence-electron chi connectivity index (χ0n) is 7.57. The number of rotatable bonds is 4. The number of halogens is 1. The molecule has 1 rings (SSSR count). The number of hydrogen-bond donors (Lipinski definition) is 1. The molecule has 1 aromatic rings. The van der Waals surface area contributed by atoms with Crippen LogP contribution in [0.15, 0.2) is 12.4 Å². The van der Waals surface area contributed by atoms with Gasteiger partial charge in [-0.1, -0.05) is 18.5 Å². The van der Waals surface area contributed by atoms with Crippen molar-refractivity contribution in [2.45, 2.75) is 13.3 Å². The van der Waals surface area contributed by atoms with E-state index >= 15 is 0 Å². The molecule has 0 aliphatic heterocycles. The lowest BCUT2D eigenvalue weighted by Gasteiger charge is -2.05. The van der Waals surface area contributed by atoms with Crippen molar-refractivity contribution in [1.82, 2.24) is 9.97 Å². The molecule has 14 heavy (non-hydrogen) atoms. The molecule has 0 aliphatic rings. The van der Waals surface area contributed by atoms with E-state index in [1.807, 2.05) is 0 Å². The number of hydrogen-bond acceptors (Lipinski definition) is 4. The van der Waals surface area contributed by atoms with Crippen LogP contribution in [0, 0.1) is 0 Å². The van der Waals surface area contributed by atoms with Crippen molar-refractivity contribution in [1.29, 1.82) is 0 Å². The molecule has 0 aromatic carbocycles. The van der Waals surface area contributed by atoms with Crippen LogP contribution in [-0.4, -0.2) is 24.1 Å². The van der Waals surface area contributed by atoms with Gasteiger partial charge in [-0.3, -0.25) is 4.72 Å². The van der Waals surface area contributed by atoms with Crippen molar-refractivity contribution in [3.63, 3.8) is 0 Å². The highest BCUT2D eigenvalue weighted by molar-refractivity contribution is 7.92. The fourth-order valence-corrected chi connectivity index (χ4v) is 2.15. The lowest BCUT2D eigenvalue weighted by Crippen LogP contribution is -2.17. The van der Waals surface area contributed by atoms with E-state index in [1.54, 1.807) is 6.92 Å². The number of nitrogens with one attached hydrogen (secondary N) is 1. The minimum Gasteiger partial charge on any atom is -0.265 e. The first-order chi connectivity index (χ1) is 6.55. The van der Waals surface area contributed by atoms with Gasteiger partial charge in [-0.25, -0.2) is 18.4 Å². The minimum absolute atomic E-state index is 0.0416. The van der Waals surface area contributed by atoms with Gasteiger partial charge in [0, 0.05) is 12.4 Å². The van der Waals surface area contributed by atoms with Gasteiger partial charge in [0.1, 0.15) is 0 Å². The molecule has 0 unspecified atom stereocenters. The lowest BCUT2D eigenvalue weighted by atomic mass is 10.6. The highest BCUT2D eigenvalue weighted by Gasteiger charge is 2.12. The molecule has 0 saturated heterocycles. The standard InChI is InChI=1S/C7H10ClN3O2S/c1-2-5-14(12,13)11-7-6(8)9-3-4-10-7/h3-4H,2,5H2,1H3,(H,10,11). The van der Waals surface area contributed by atoms with Crippen LogP contribution in [0.25, 0.3) is 0 Å². The van der Waals surface area contributed by atoms with E-state index in [-0.39, 0.29) is 16.7 Å². The van der Waals surface area contributed by atoms with E-state index in [2.05, 4.69) is 14.7 Å². The van der Waals surface area contributed by atoms with E-state index in [4.69, 9.17) is 11.6 Å². The van der Waals surface area contributed by atoms with E-state index in [1.165, 1.54) is 12.4 Å². The maximum Gasteiger partial charge on any atom is 0.233 e. The van der Waals surface area contributed by atoms with Crippen molar-refractivity contribution >= 4 is 27.4 Å². The quantitative estimate of drug-likeness (QED) is 0.854. The van der Waals surface area contributed by atoms with Crippen LogP contribution in [0.2, 0.25) is 5.15 Å². The molecule has 0 fully saturated rings. The predicted molar refractivity (Wildman–Crippen MR) is 54.7 cm³/mol. The van der Waals surface area contributed by atoms with E-state index < -0.39 is 10.0 Å². The summed E-state index contributed by atoms with van der Waals surface area (Å²) in [5, 5.41) is 0.0483. The summed E-state index contributed by atoms with van der Waals surface area (Å²) in [5.41, 5.74) is 0. The zero-order valence-corrected chi connectivity index (χ0v) is 9.14. The summed E-state index contributed by atoms with van der Waals surface area (Å²) < 4.78 is 24.9. The average Bonchev–Trinajstić information content (AvgIpc) is 2.08. The molecule has 0 radical (unpaired) electrons. The molecular formula is C7H10ClN3O2S. The molecule has 0 amide bonds. The number of anilines is 1. The summed E-state index contributed by atoms with van der Waals surface area (Å²) in [6, 6.07) is 0. The summed E-state index contributed by atoms with van der Waals surface area (Å²) in [4.78, 5) is 7.46. The normalized spacial score (nSPS) is 11.3. The van der Waals surface area contributed by atoms with Gasteiger partial charge < -0.3 is 0 Å². The topological polar surface area (TPSA) is 72.0 Å². The third-order valence-corrected chi connectivity index (χ3v) is 3.11. The average molecular weight is 236 g/mol. The smallest absolute Gasteiger partial charge is 0.233 e. The van der Waals surface area contributed by atoms with Crippen molar-refractivity contribution in [3.8, 4) is 0 Å². The first-order valence-corrected chi connectivity index (χ1v) is 6.05. The van der Waals surface area contributed by atoms with Crippen LogP contribution in [0.1, 0.15) is 13.3 Å². The highest BCUT2D eigenvalue weighted by atomic mass is 35.5. The van der Waals surface area contributed by atoms with Gasteiger partial charge in [0.25, 0.3) is 0 Å². The van der Waals surface area contributed by atoms with Gasteiger partial charge >= 0.3 is 0 Å². The Morgan fingerprint density at radius 2 is 2.07 bits per heavy atom. The summed E-state index contributed by atoms with van der Waals surface area (Å²) in [6.45, 7) is 1.78. The molecule has 1 aromatic heterocycles. The Hall–Kier alpha value is -0.880. The van der Waals surface area contributed by atoms with Crippen molar-refractivity contribution < 1.29 is 8.42 Å². The fourth-order valence-electron chi connectivity index (χ4n) is 0.857. The number of nitrogens with zero attached hydrogens (tertiary/aromatic N) is 2. The second-order valence-electron chi connectivity index (χ2n) is 2.62. The molecular weight excluding hydrogens is 226 g/mol. The van der Waals surface area contributed by atoms with Crippen molar-refractivity contribution in [3.05, 3.63) is 17.5 Å². The first kappa shape index (κ1) is 11.2. The zero-order chi connectivity index (χ0) is 10.6. The second kappa shape index (κ2) is 4.56. The summed E-state index contributed by atoms with van der Waals surface area (Å²) >= 11 is 5.63. The van der Waals surface area contributed by atoms with Gasteiger partial charge in [0.15, 0.2) is 11.0 Å². The molecule has 78 valence electrons. The molecule has 0 aliphatic carbocycles. The third kappa shape index (κ3) is 3.12. The summed E-state index contributed by atoms with van der Waals surface area (Å²) in [7, 11) is -3.34. The SMILES string of the molecule is CCCS(=O)(=O)Nc1nccnc1Cl. The molecule has 1 heterocycles. The molecule has 5 nitrogen and oxygen atoms in total. The number of aromatic nitrogens is 2. The summed E-state index contributed by atoms with van der Waals surface area (Å²) in [6.07, 6.45) is 3.29. The van der Waals surface area contributed by atoms with Gasteiger partial charge in [-0.15, -0.1) is 0 Å². The molecule has 0 saturated carbocycles. The minimum atomic E-state index is -3.34. The Balaban J connectivity index is 2.84. The van der Waals surface area contributed by atoms with Crippen LogP contribution < -0.4 is 4.72 Å². The van der Waals surface area contributed by atoms with E-state index in [0.29, 0.717) is 6.42 Å². The van der Waals surface area contributed by atoms with Crippen LogP contribution in [-0.2, 0) is 10.0 Å². The van der Waals surface area contributed by atoms with Crippen molar-refractivity contribution in [2.24, 2.45) is 0 Å². The Kier molecular flexibility index (Phi) is 3.65. The Labute approximate surface area is 87.6 Å². The van der Waals surface area contributed by atoms with Crippen LogP contribution >= 0.6 is 11.6 Å². The van der Waals surface area contributed by atoms with Crippen molar-refractivity contribution in [2.75, 3.05) is 10.5 Å². The Morgan fingerprint density at radius 1 is 1.43 bits per heavy atom. The largest absolute Gasteiger partial charge is 0.265 e. The fraction of sp³-hybridized carbons (Fsp3) is 0.429. The second-order valence-corrected chi connectivity index (χ2v) is 4.82. The monoisotopic (exact) mass is 235 g/mol. The maximum atomic E-state index is 11.3. The molecule has 7 heteroatoms. The Morgan fingerprint density at radius 3 is 2.64 bits per heavy atom. The molecule has 0 spiro atoms. The van der Waals surface area contributed by atoms with E-state index in [9.17, 15) is 8.42 Å². The molecule has 1 N–H and O–H groups in total. The summed E-state index contributed by atoms with van der Waals surface area (Å²) in [5.74, 6) is 0.113. The number of sulfonamides is 1. The lowest BCUT2D eigenvalue weighted by molar-refractivity contribution is 0.599. The van der Waals surface area contributed by atoms with Crippen LogP contribution in [0.3, 0.4) is 0 Å². The Bertz CT molecular complexity index is 407. The molecule has 0 bridgehead atoms.